The highest BCUT2D eigenvalue weighted by Crippen LogP contribution is 2.41. The molecule has 3 aromatic rings. The number of methoxy groups -OCH3 is 1. The lowest BCUT2D eigenvalue weighted by Gasteiger charge is -2.40. The maximum absolute atomic E-state index is 13.4. The zero-order valence-electron chi connectivity index (χ0n) is 14.8. The van der Waals surface area contributed by atoms with E-state index in [-0.39, 0.29) is 6.42 Å². The number of hydrogen-bond donors (Lipinski definition) is 1. The van der Waals surface area contributed by atoms with Gasteiger partial charge in [-0.25, -0.2) is 9.18 Å². The fourth-order valence-electron chi connectivity index (χ4n) is 3.97. The van der Waals surface area contributed by atoms with Crippen LogP contribution in [-0.4, -0.2) is 41.6 Å². The molecule has 5 nitrogen and oxygen atoms in total. The summed E-state index contributed by atoms with van der Waals surface area (Å²) < 4.78 is 18.4. The fourth-order valence-corrected chi connectivity index (χ4v) is 3.97. The van der Waals surface area contributed by atoms with Crippen LogP contribution in [-0.2, 0) is 20.7 Å². The van der Waals surface area contributed by atoms with Gasteiger partial charge in [0.15, 0.2) is 6.67 Å². The first-order valence-corrected chi connectivity index (χ1v) is 8.75. The van der Waals surface area contributed by atoms with Crippen molar-refractivity contribution in [3.63, 3.8) is 0 Å². The number of para-hydroxylation sites is 1. The van der Waals surface area contributed by atoms with Gasteiger partial charge in [-0.2, -0.15) is 0 Å². The van der Waals surface area contributed by atoms with Gasteiger partial charge in [0.25, 0.3) is 5.91 Å². The minimum atomic E-state index is -1.17. The second kappa shape index (κ2) is 6.87. The van der Waals surface area contributed by atoms with Gasteiger partial charge in [0, 0.05) is 23.0 Å². The van der Waals surface area contributed by atoms with Crippen LogP contribution >= 0.6 is 0 Å². The van der Waals surface area contributed by atoms with Crippen molar-refractivity contribution in [1.29, 1.82) is 0 Å². The average Bonchev–Trinajstić information content (AvgIpc) is 3.10. The van der Waals surface area contributed by atoms with Crippen LogP contribution < -0.4 is 0 Å². The number of carbonyl (C=O) groups is 2. The molecule has 1 unspecified atom stereocenters. The van der Waals surface area contributed by atoms with E-state index in [1.165, 1.54) is 12.0 Å². The van der Waals surface area contributed by atoms with Crippen LogP contribution in [0.1, 0.15) is 22.9 Å². The fraction of sp³-hybridized carbons (Fsp3) is 0.238. The third-order valence-electron chi connectivity index (χ3n) is 5.12. The Kier molecular flexibility index (Phi) is 4.39. The van der Waals surface area contributed by atoms with Crippen LogP contribution in [0.2, 0.25) is 0 Å². The van der Waals surface area contributed by atoms with E-state index in [9.17, 15) is 14.0 Å². The van der Waals surface area contributed by atoms with Gasteiger partial charge in [-0.05, 0) is 17.2 Å². The van der Waals surface area contributed by atoms with E-state index >= 15 is 0 Å². The number of aromatic nitrogens is 1. The van der Waals surface area contributed by atoms with E-state index in [0.29, 0.717) is 0 Å². The first-order valence-electron chi connectivity index (χ1n) is 8.75. The summed E-state index contributed by atoms with van der Waals surface area (Å²) in [4.78, 5) is 29.7. The highest BCUT2D eigenvalue weighted by molar-refractivity contribution is 5.91. The van der Waals surface area contributed by atoms with Gasteiger partial charge in [0.05, 0.1) is 13.2 Å². The van der Waals surface area contributed by atoms with E-state index in [2.05, 4.69) is 4.98 Å². The van der Waals surface area contributed by atoms with Crippen LogP contribution in [0, 0.1) is 0 Å². The number of rotatable bonds is 3. The number of fused-ring (bicyclic) bond motifs is 3. The number of benzene rings is 2. The zero-order valence-corrected chi connectivity index (χ0v) is 14.8. The molecule has 0 radical (unpaired) electrons. The highest BCUT2D eigenvalue weighted by atomic mass is 19.1. The summed E-state index contributed by atoms with van der Waals surface area (Å²) in [6, 6.07) is 15.6. The van der Waals surface area contributed by atoms with Crippen LogP contribution in [0.5, 0.6) is 0 Å². The van der Waals surface area contributed by atoms with Gasteiger partial charge >= 0.3 is 5.97 Å². The smallest absolute Gasteiger partial charge is 0.328 e. The van der Waals surface area contributed by atoms with Gasteiger partial charge in [-0.15, -0.1) is 0 Å². The van der Waals surface area contributed by atoms with Crippen molar-refractivity contribution < 1.29 is 18.7 Å². The minimum Gasteiger partial charge on any atom is -0.467 e. The molecule has 0 spiro atoms. The summed E-state index contributed by atoms with van der Waals surface area (Å²) in [6.45, 7) is -1.17. The van der Waals surface area contributed by atoms with E-state index in [0.717, 1.165) is 27.7 Å². The number of H-pyrrole nitrogens is 1. The average molecular weight is 366 g/mol. The first-order chi connectivity index (χ1) is 13.2. The molecule has 0 fully saturated rings. The number of ether oxygens (including phenoxy) is 1. The predicted molar refractivity (Wildman–Crippen MR) is 98.9 cm³/mol. The van der Waals surface area contributed by atoms with Crippen molar-refractivity contribution in [2.75, 3.05) is 13.8 Å². The Morgan fingerprint density at radius 3 is 2.56 bits per heavy atom. The lowest BCUT2D eigenvalue weighted by molar-refractivity contribution is -0.155. The number of amides is 1. The highest BCUT2D eigenvalue weighted by Gasteiger charge is 2.43. The molecule has 27 heavy (non-hydrogen) atoms. The molecule has 1 aliphatic rings. The summed E-state index contributed by atoms with van der Waals surface area (Å²) >= 11 is 0. The molecule has 2 atom stereocenters. The molecule has 0 bridgehead atoms. The normalized spacial score (nSPS) is 19.0. The Morgan fingerprint density at radius 2 is 1.85 bits per heavy atom. The summed E-state index contributed by atoms with van der Waals surface area (Å²) in [6.07, 6.45) is 0.279. The Hall–Kier alpha value is -3.15. The van der Waals surface area contributed by atoms with E-state index in [1.54, 1.807) is 0 Å². The van der Waals surface area contributed by atoms with Crippen molar-refractivity contribution >= 4 is 22.8 Å². The third kappa shape index (κ3) is 2.77. The van der Waals surface area contributed by atoms with Crippen LogP contribution in [0.3, 0.4) is 0 Å². The summed E-state index contributed by atoms with van der Waals surface area (Å²) in [5.74, 6) is -1.28. The van der Waals surface area contributed by atoms with Crippen molar-refractivity contribution in [3.8, 4) is 0 Å². The van der Waals surface area contributed by atoms with Gasteiger partial charge in [0.2, 0.25) is 0 Å². The molecule has 0 saturated carbocycles. The van der Waals surface area contributed by atoms with Crippen molar-refractivity contribution in [3.05, 3.63) is 71.4 Å². The number of nitrogens with zero attached hydrogens (tertiary/aromatic N) is 1. The Labute approximate surface area is 155 Å². The van der Waals surface area contributed by atoms with Crippen molar-refractivity contribution in [2.45, 2.75) is 18.5 Å². The lowest BCUT2D eigenvalue weighted by Crippen LogP contribution is -2.52. The maximum atomic E-state index is 13.4. The zero-order chi connectivity index (χ0) is 19.0. The molecule has 1 N–H and O–H groups in total. The van der Waals surface area contributed by atoms with Gasteiger partial charge < -0.3 is 14.6 Å². The summed E-state index contributed by atoms with van der Waals surface area (Å²) in [5.41, 5.74) is 3.49. The number of halogens is 1. The van der Waals surface area contributed by atoms with Crippen LogP contribution in [0.4, 0.5) is 4.39 Å². The SMILES string of the molecule is COC(=O)[C@@H]1Cc2c([nH]c3ccccc23)C(c2ccccc2)N1C(=O)CF. The molecule has 4 rings (SSSR count). The number of alkyl halides is 1. The Balaban J connectivity index is 1.98. The molecule has 0 saturated heterocycles. The molecular formula is C21H19FN2O3. The van der Waals surface area contributed by atoms with E-state index in [1.807, 2.05) is 54.6 Å². The first kappa shape index (κ1) is 17.3. The minimum absolute atomic E-state index is 0.279. The van der Waals surface area contributed by atoms with Crippen LogP contribution in [0.25, 0.3) is 10.9 Å². The summed E-state index contributed by atoms with van der Waals surface area (Å²) in [5, 5.41) is 0.995. The quantitative estimate of drug-likeness (QED) is 0.725. The number of aromatic amines is 1. The van der Waals surface area contributed by atoms with Crippen molar-refractivity contribution in [2.24, 2.45) is 0 Å². The van der Waals surface area contributed by atoms with Gasteiger partial charge in [-0.1, -0.05) is 48.5 Å². The van der Waals surface area contributed by atoms with Gasteiger partial charge in [0.1, 0.15) is 6.04 Å². The largest absolute Gasteiger partial charge is 0.467 e. The second-order valence-corrected chi connectivity index (χ2v) is 6.55. The monoisotopic (exact) mass is 366 g/mol. The third-order valence-corrected chi connectivity index (χ3v) is 5.12. The molecular weight excluding hydrogens is 347 g/mol. The molecule has 1 amide bonds. The topological polar surface area (TPSA) is 62.4 Å². The summed E-state index contributed by atoms with van der Waals surface area (Å²) in [7, 11) is 1.28. The number of carbonyl (C=O) groups excluding carboxylic acids is 2. The van der Waals surface area contributed by atoms with E-state index < -0.39 is 30.6 Å². The number of hydrogen-bond acceptors (Lipinski definition) is 3. The number of esters is 1. The maximum Gasteiger partial charge on any atom is 0.328 e. The van der Waals surface area contributed by atoms with Crippen molar-refractivity contribution in [1.82, 2.24) is 9.88 Å². The Bertz CT molecular complexity index is 999. The van der Waals surface area contributed by atoms with Gasteiger partial charge in [-0.3, -0.25) is 4.79 Å². The van der Waals surface area contributed by atoms with Crippen LogP contribution in [0.15, 0.2) is 54.6 Å². The molecule has 6 heteroatoms. The molecule has 2 aromatic carbocycles. The van der Waals surface area contributed by atoms with E-state index in [4.69, 9.17) is 4.74 Å². The second-order valence-electron chi connectivity index (χ2n) is 6.55. The molecule has 2 heterocycles. The molecule has 1 aliphatic heterocycles. The molecule has 138 valence electrons. The molecule has 1 aromatic heterocycles. The number of nitrogens with one attached hydrogen (secondary N) is 1. The Morgan fingerprint density at radius 1 is 1.15 bits per heavy atom. The molecule has 0 aliphatic carbocycles. The lowest BCUT2D eigenvalue weighted by atomic mass is 9.88. The predicted octanol–water partition coefficient (Wildman–Crippen LogP) is 3.15. The standard InChI is InChI=1S/C21H19FN2O3/c1-27-21(26)17-11-15-14-9-5-6-10-16(14)23-19(15)20(24(17)18(25)12-22)13-7-3-2-4-8-13/h2-10,17,20,23H,11-12H2,1H3/t17-,20?/m0/s1.